The zero-order valence-corrected chi connectivity index (χ0v) is 16.1. The van der Waals surface area contributed by atoms with Gasteiger partial charge in [-0.05, 0) is 6.92 Å². The van der Waals surface area contributed by atoms with Crippen molar-refractivity contribution in [3.8, 4) is 0 Å². The first kappa shape index (κ1) is 19.5. The van der Waals surface area contributed by atoms with Gasteiger partial charge in [0, 0.05) is 5.41 Å². The van der Waals surface area contributed by atoms with Crippen LogP contribution < -0.4 is 4.90 Å². The van der Waals surface area contributed by atoms with Crippen LogP contribution in [-0.4, -0.2) is 60.0 Å². The van der Waals surface area contributed by atoms with Crippen LogP contribution in [0.1, 0.15) is 38.3 Å². The topological polar surface area (TPSA) is 98.6 Å². The Hall–Kier alpha value is -2.86. The van der Waals surface area contributed by atoms with Crippen LogP contribution in [0.4, 0.5) is 23.4 Å². The van der Waals surface area contributed by atoms with Crippen LogP contribution in [0, 0.1) is 6.92 Å². The number of fused-ring (bicyclic) bond motifs is 1. The van der Waals surface area contributed by atoms with Gasteiger partial charge in [-0.3, -0.25) is 0 Å². The molecule has 13 heteroatoms. The van der Waals surface area contributed by atoms with Gasteiger partial charge in [0.15, 0.2) is 17.2 Å². The zero-order chi connectivity index (χ0) is 21.2. The van der Waals surface area contributed by atoms with Gasteiger partial charge in [0.2, 0.25) is 11.5 Å². The fourth-order valence-corrected chi connectivity index (χ4v) is 2.91. The van der Waals surface area contributed by atoms with E-state index < -0.39 is 30.3 Å². The van der Waals surface area contributed by atoms with E-state index in [0.717, 1.165) is 4.90 Å². The van der Waals surface area contributed by atoms with Crippen LogP contribution in [0.15, 0.2) is 4.52 Å². The molecule has 9 nitrogen and oxygen atoms in total. The van der Waals surface area contributed by atoms with E-state index in [4.69, 9.17) is 4.52 Å². The Labute approximate surface area is 162 Å². The van der Waals surface area contributed by atoms with Crippen molar-refractivity contribution in [2.24, 2.45) is 0 Å². The van der Waals surface area contributed by atoms with Crippen molar-refractivity contribution in [3.05, 3.63) is 17.5 Å². The molecule has 4 rings (SSSR count). The van der Waals surface area contributed by atoms with E-state index in [1.807, 2.05) is 20.8 Å². The van der Waals surface area contributed by atoms with Crippen LogP contribution in [0.3, 0.4) is 0 Å². The molecule has 1 fully saturated rings. The number of nitrogens with zero attached hydrogens (tertiary/aromatic N) is 8. The van der Waals surface area contributed by atoms with Crippen molar-refractivity contribution in [1.82, 2.24) is 35.1 Å². The summed E-state index contributed by atoms with van der Waals surface area (Å²) in [6, 6.07) is 0. The van der Waals surface area contributed by atoms with E-state index in [1.165, 1.54) is 4.80 Å². The predicted molar refractivity (Wildman–Crippen MR) is 92.1 cm³/mol. The van der Waals surface area contributed by atoms with Crippen LogP contribution in [0.5, 0.6) is 0 Å². The molecule has 0 N–H and O–H groups in total. The summed E-state index contributed by atoms with van der Waals surface area (Å²) in [7, 11) is 0. The Bertz CT molecular complexity index is 1050. The van der Waals surface area contributed by atoms with Gasteiger partial charge in [-0.15, -0.1) is 10.2 Å². The number of hydrogen-bond donors (Lipinski definition) is 0. The molecule has 1 aliphatic heterocycles. The largest absolute Gasteiger partial charge is 0.342 e. The van der Waals surface area contributed by atoms with Crippen LogP contribution in [-0.2, 0) is 12.0 Å². The van der Waals surface area contributed by atoms with Crippen molar-refractivity contribution in [3.63, 3.8) is 0 Å². The average Bonchev–Trinajstić information content (AvgIpc) is 3.22. The molecule has 0 aliphatic carbocycles. The quantitative estimate of drug-likeness (QED) is 0.603. The van der Waals surface area contributed by atoms with E-state index >= 15 is 0 Å². The molecule has 0 spiro atoms. The minimum Gasteiger partial charge on any atom is -0.342 e. The SMILES string of the molecule is Cc1noc(Cn2nc3nc(C(C)(C)C)nc(N4CC(F)(F)C(F)(F)C4)c3n2)n1. The number of rotatable bonds is 3. The lowest BCUT2D eigenvalue weighted by molar-refractivity contribution is -0.172. The van der Waals surface area contributed by atoms with Gasteiger partial charge in [-0.25, -0.2) is 9.97 Å². The van der Waals surface area contributed by atoms with E-state index in [9.17, 15) is 17.6 Å². The molecule has 1 saturated heterocycles. The first-order valence-corrected chi connectivity index (χ1v) is 8.79. The van der Waals surface area contributed by atoms with Gasteiger partial charge in [0.1, 0.15) is 12.4 Å². The number of halogens is 4. The van der Waals surface area contributed by atoms with Gasteiger partial charge in [0.25, 0.3) is 0 Å². The Morgan fingerprint density at radius 1 is 1.00 bits per heavy atom. The normalized spacial score (nSPS) is 18.7. The Balaban J connectivity index is 1.81. The van der Waals surface area contributed by atoms with Gasteiger partial charge >= 0.3 is 11.8 Å². The third-order valence-electron chi connectivity index (χ3n) is 4.40. The first-order chi connectivity index (χ1) is 13.4. The highest BCUT2D eigenvalue weighted by atomic mass is 19.3. The standard InChI is InChI=1S/C16H18F4N8O/c1-8-21-9(29-26-8)5-28-24-10-11(25-28)22-13(14(2,3)4)23-12(10)27-6-15(17,18)16(19,20)7-27/h5-7H2,1-4H3. The Kier molecular flexibility index (Phi) is 4.07. The molecule has 3 aromatic heterocycles. The van der Waals surface area contributed by atoms with Crippen molar-refractivity contribution in [2.45, 2.75) is 51.5 Å². The number of hydrogen-bond acceptors (Lipinski definition) is 8. The lowest BCUT2D eigenvalue weighted by Crippen LogP contribution is -2.38. The summed E-state index contributed by atoms with van der Waals surface area (Å²) in [6.45, 7) is 4.75. The van der Waals surface area contributed by atoms with Crippen LogP contribution in [0.2, 0.25) is 0 Å². The minimum atomic E-state index is -4.18. The summed E-state index contributed by atoms with van der Waals surface area (Å²) in [5.41, 5.74) is -0.418. The predicted octanol–water partition coefficient (Wildman–Crippen LogP) is 2.35. The maximum atomic E-state index is 13.8. The van der Waals surface area contributed by atoms with Crippen molar-refractivity contribution >= 4 is 17.0 Å². The molecule has 0 bridgehead atoms. The summed E-state index contributed by atoms with van der Waals surface area (Å²) in [6.07, 6.45) is 0. The van der Waals surface area contributed by atoms with Gasteiger partial charge in [0.05, 0.1) is 13.1 Å². The second-order valence-corrected chi connectivity index (χ2v) is 8.02. The monoisotopic (exact) mass is 414 g/mol. The van der Waals surface area contributed by atoms with E-state index in [-0.39, 0.29) is 35.2 Å². The molecule has 0 unspecified atom stereocenters. The van der Waals surface area contributed by atoms with Crippen molar-refractivity contribution in [1.29, 1.82) is 0 Å². The lowest BCUT2D eigenvalue weighted by Gasteiger charge is -2.21. The number of aromatic nitrogens is 7. The molecular weight excluding hydrogens is 396 g/mol. The number of aryl methyl sites for hydroxylation is 1. The van der Waals surface area contributed by atoms with E-state index in [1.54, 1.807) is 6.92 Å². The van der Waals surface area contributed by atoms with Gasteiger partial charge < -0.3 is 9.42 Å². The smallest absolute Gasteiger partial charge is 0.329 e. The maximum Gasteiger partial charge on any atom is 0.329 e. The summed E-state index contributed by atoms with van der Waals surface area (Å²) in [4.78, 5) is 14.7. The maximum absolute atomic E-state index is 13.8. The van der Waals surface area contributed by atoms with Gasteiger partial charge in [-0.1, -0.05) is 25.9 Å². The number of alkyl halides is 4. The third kappa shape index (κ3) is 3.38. The summed E-state index contributed by atoms with van der Waals surface area (Å²) < 4.78 is 60.2. The second-order valence-electron chi connectivity index (χ2n) is 8.02. The van der Waals surface area contributed by atoms with Crippen LogP contribution in [0.25, 0.3) is 11.2 Å². The molecule has 0 atom stereocenters. The highest BCUT2D eigenvalue weighted by Crippen LogP contribution is 2.43. The molecule has 0 radical (unpaired) electrons. The average molecular weight is 414 g/mol. The molecule has 0 amide bonds. The summed E-state index contributed by atoms with van der Waals surface area (Å²) in [5, 5.41) is 12.1. The molecule has 29 heavy (non-hydrogen) atoms. The fourth-order valence-electron chi connectivity index (χ4n) is 2.91. The molecule has 156 valence electrons. The Morgan fingerprint density at radius 3 is 2.21 bits per heavy atom. The second kappa shape index (κ2) is 6.07. The number of anilines is 1. The molecule has 4 heterocycles. The molecule has 1 aliphatic rings. The lowest BCUT2D eigenvalue weighted by atomic mass is 9.96. The zero-order valence-electron chi connectivity index (χ0n) is 16.1. The Morgan fingerprint density at radius 2 is 1.66 bits per heavy atom. The van der Waals surface area contributed by atoms with Gasteiger partial charge in [-0.2, -0.15) is 27.3 Å². The third-order valence-corrected chi connectivity index (χ3v) is 4.40. The molecule has 0 aromatic carbocycles. The highest BCUT2D eigenvalue weighted by Gasteiger charge is 2.63. The van der Waals surface area contributed by atoms with Crippen molar-refractivity contribution < 1.29 is 22.1 Å². The molecule has 0 saturated carbocycles. The van der Waals surface area contributed by atoms with Crippen molar-refractivity contribution in [2.75, 3.05) is 18.0 Å². The minimum absolute atomic E-state index is 0.00775. The summed E-state index contributed by atoms with van der Waals surface area (Å²) in [5.74, 6) is -7.53. The van der Waals surface area contributed by atoms with Crippen LogP contribution >= 0.6 is 0 Å². The van der Waals surface area contributed by atoms with E-state index in [2.05, 4.69) is 30.3 Å². The molecule has 3 aromatic rings. The fraction of sp³-hybridized carbons (Fsp3) is 0.625. The first-order valence-electron chi connectivity index (χ1n) is 8.79. The molecular formula is C16H18F4N8O. The highest BCUT2D eigenvalue weighted by molar-refractivity contribution is 5.83. The summed E-state index contributed by atoms with van der Waals surface area (Å²) >= 11 is 0. The van der Waals surface area contributed by atoms with E-state index in [0.29, 0.717) is 5.82 Å².